The summed E-state index contributed by atoms with van der Waals surface area (Å²) in [5.74, 6) is 2.54. The predicted octanol–water partition coefficient (Wildman–Crippen LogP) is 1.37. The van der Waals surface area contributed by atoms with Crippen molar-refractivity contribution in [3.05, 3.63) is 12.4 Å². The zero-order chi connectivity index (χ0) is 13.8. The van der Waals surface area contributed by atoms with E-state index in [9.17, 15) is 8.42 Å². The fraction of sp³-hybridized carbons (Fsp3) is 0.583. The summed E-state index contributed by atoms with van der Waals surface area (Å²) in [7, 11) is -3.62. The topological polar surface area (TPSA) is 64.0 Å². The Morgan fingerprint density at radius 1 is 1.44 bits per heavy atom. The van der Waals surface area contributed by atoms with Crippen LogP contribution < -0.4 is 4.72 Å². The van der Waals surface area contributed by atoms with Gasteiger partial charge in [0, 0.05) is 12.7 Å². The molecule has 1 aromatic rings. The predicted molar refractivity (Wildman–Crippen MR) is 70.4 cm³/mol. The van der Waals surface area contributed by atoms with E-state index in [1.165, 1.54) is 12.4 Å². The molecular formula is C12H19N3O2S. The van der Waals surface area contributed by atoms with Gasteiger partial charge in [-0.2, -0.15) is 9.82 Å². The van der Waals surface area contributed by atoms with Gasteiger partial charge in [-0.15, -0.1) is 6.42 Å². The molecule has 0 saturated carbocycles. The second-order valence-corrected chi connectivity index (χ2v) is 5.75. The maximum atomic E-state index is 12.2. The largest absolute Gasteiger partial charge is 0.272 e. The Kier molecular flexibility index (Phi) is 4.54. The summed E-state index contributed by atoms with van der Waals surface area (Å²) < 4.78 is 28.5. The minimum absolute atomic E-state index is 0.144. The van der Waals surface area contributed by atoms with E-state index < -0.39 is 15.6 Å². The molecule has 1 aromatic heterocycles. The molecule has 0 aliphatic carbocycles. The van der Waals surface area contributed by atoms with Gasteiger partial charge in [0.25, 0.3) is 0 Å². The zero-order valence-corrected chi connectivity index (χ0v) is 11.8. The highest BCUT2D eigenvalue weighted by atomic mass is 32.2. The van der Waals surface area contributed by atoms with Crippen molar-refractivity contribution >= 4 is 10.0 Å². The molecular weight excluding hydrogens is 250 g/mol. The number of nitrogens with one attached hydrogen (secondary N) is 1. The van der Waals surface area contributed by atoms with Gasteiger partial charge >= 0.3 is 0 Å². The van der Waals surface area contributed by atoms with Crippen LogP contribution in [0.15, 0.2) is 17.3 Å². The highest BCUT2D eigenvalue weighted by Crippen LogP contribution is 2.18. The van der Waals surface area contributed by atoms with E-state index >= 15 is 0 Å². The van der Waals surface area contributed by atoms with Crippen molar-refractivity contribution in [3.8, 4) is 12.3 Å². The molecule has 1 N–H and O–H groups in total. The van der Waals surface area contributed by atoms with Gasteiger partial charge < -0.3 is 0 Å². The first-order valence-electron chi connectivity index (χ1n) is 5.97. The molecule has 0 aliphatic heterocycles. The van der Waals surface area contributed by atoms with Gasteiger partial charge in [-0.3, -0.25) is 4.68 Å². The van der Waals surface area contributed by atoms with Crippen molar-refractivity contribution in [1.29, 1.82) is 0 Å². The van der Waals surface area contributed by atoms with Gasteiger partial charge in [0.15, 0.2) is 0 Å². The van der Waals surface area contributed by atoms with Crippen molar-refractivity contribution < 1.29 is 8.42 Å². The zero-order valence-electron chi connectivity index (χ0n) is 11.0. The highest BCUT2D eigenvalue weighted by molar-refractivity contribution is 7.89. The molecule has 0 bridgehead atoms. The van der Waals surface area contributed by atoms with Crippen molar-refractivity contribution in [2.24, 2.45) is 0 Å². The highest BCUT2D eigenvalue weighted by Gasteiger charge is 2.30. The van der Waals surface area contributed by atoms with E-state index in [1.807, 2.05) is 20.8 Å². The summed E-state index contributed by atoms with van der Waals surface area (Å²) in [6.07, 6.45) is 9.36. The van der Waals surface area contributed by atoms with Crippen molar-refractivity contribution in [2.75, 3.05) is 0 Å². The Hall–Kier alpha value is -1.32. The van der Waals surface area contributed by atoms with Crippen LogP contribution >= 0.6 is 0 Å². The summed E-state index contributed by atoms with van der Waals surface area (Å²) in [6, 6.07) is 0. The van der Waals surface area contributed by atoms with Crippen LogP contribution in [0.5, 0.6) is 0 Å². The van der Waals surface area contributed by atoms with Gasteiger partial charge in [-0.05, 0) is 19.8 Å². The third-order valence-corrected chi connectivity index (χ3v) is 4.55. The molecule has 0 aromatic carbocycles. The number of hydrogen-bond acceptors (Lipinski definition) is 3. The minimum atomic E-state index is -3.62. The van der Waals surface area contributed by atoms with Gasteiger partial charge in [-0.25, -0.2) is 8.42 Å². The molecule has 0 saturated heterocycles. The van der Waals surface area contributed by atoms with E-state index in [0.717, 1.165) is 0 Å². The molecule has 0 amide bonds. The molecule has 0 atom stereocenters. The number of sulfonamides is 1. The number of nitrogens with zero attached hydrogens (tertiary/aromatic N) is 2. The van der Waals surface area contributed by atoms with Crippen molar-refractivity contribution in [2.45, 2.75) is 50.6 Å². The van der Waals surface area contributed by atoms with Gasteiger partial charge in [-0.1, -0.05) is 19.8 Å². The van der Waals surface area contributed by atoms with Crippen LogP contribution in [0.4, 0.5) is 0 Å². The van der Waals surface area contributed by atoms with Crippen LogP contribution in [0.2, 0.25) is 0 Å². The Labute approximate surface area is 109 Å². The first-order valence-corrected chi connectivity index (χ1v) is 7.45. The lowest BCUT2D eigenvalue weighted by molar-refractivity contribution is 0.451. The molecule has 0 spiro atoms. The monoisotopic (exact) mass is 269 g/mol. The SMILES string of the molecule is C#CC(CC)(CC)NS(=O)(=O)c1cnn(CC)c1. The second-order valence-electron chi connectivity index (χ2n) is 4.07. The molecule has 0 radical (unpaired) electrons. The van der Waals surface area contributed by atoms with Gasteiger partial charge in [0.05, 0.1) is 11.7 Å². The van der Waals surface area contributed by atoms with Crippen LogP contribution in [-0.2, 0) is 16.6 Å². The van der Waals surface area contributed by atoms with Crippen LogP contribution in [0.25, 0.3) is 0 Å². The Bertz CT molecular complexity index is 536. The number of aromatic nitrogens is 2. The van der Waals surface area contributed by atoms with Crippen LogP contribution in [-0.4, -0.2) is 23.7 Å². The van der Waals surface area contributed by atoms with Crippen LogP contribution in [0.1, 0.15) is 33.6 Å². The summed E-state index contributed by atoms with van der Waals surface area (Å²) in [5.41, 5.74) is -0.826. The maximum absolute atomic E-state index is 12.2. The number of rotatable bonds is 6. The first kappa shape index (κ1) is 14.7. The van der Waals surface area contributed by atoms with Crippen LogP contribution in [0, 0.1) is 12.3 Å². The fourth-order valence-electron chi connectivity index (χ4n) is 1.60. The lowest BCUT2D eigenvalue weighted by Crippen LogP contribution is -2.46. The lowest BCUT2D eigenvalue weighted by Gasteiger charge is -2.26. The fourth-order valence-corrected chi connectivity index (χ4v) is 3.03. The minimum Gasteiger partial charge on any atom is -0.272 e. The average molecular weight is 269 g/mol. The smallest absolute Gasteiger partial charge is 0.245 e. The van der Waals surface area contributed by atoms with Crippen LogP contribution in [0.3, 0.4) is 0 Å². The molecule has 0 unspecified atom stereocenters. The molecule has 1 rings (SSSR count). The molecule has 18 heavy (non-hydrogen) atoms. The molecule has 0 aliphatic rings. The average Bonchev–Trinajstić information content (AvgIpc) is 2.85. The number of terminal acetylenes is 1. The molecule has 5 nitrogen and oxygen atoms in total. The Morgan fingerprint density at radius 3 is 2.44 bits per heavy atom. The number of aryl methyl sites for hydroxylation is 1. The van der Waals surface area contributed by atoms with Crippen molar-refractivity contribution in [3.63, 3.8) is 0 Å². The summed E-state index contributed by atoms with van der Waals surface area (Å²) >= 11 is 0. The van der Waals surface area contributed by atoms with E-state index in [-0.39, 0.29) is 4.90 Å². The quantitative estimate of drug-likeness (QED) is 0.793. The lowest BCUT2D eigenvalue weighted by atomic mass is 9.96. The van der Waals surface area contributed by atoms with E-state index in [4.69, 9.17) is 6.42 Å². The second kappa shape index (κ2) is 5.55. The standard InChI is InChI=1S/C12H19N3O2S/c1-5-12(6-2,7-3)14-18(16,17)11-9-13-15(8-4)10-11/h1,9-10,14H,6-8H2,2-4H3. The van der Waals surface area contributed by atoms with E-state index in [0.29, 0.717) is 19.4 Å². The van der Waals surface area contributed by atoms with E-state index in [2.05, 4.69) is 15.7 Å². The maximum Gasteiger partial charge on any atom is 0.245 e. The normalized spacial score (nSPS) is 12.3. The summed E-state index contributed by atoms with van der Waals surface area (Å²) in [5, 5.41) is 3.95. The first-order chi connectivity index (χ1) is 8.43. The molecule has 0 fully saturated rings. The van der Waals surface area contributed by atoms with Crippen molar-refractivity contribution in [1.82, 2.24) is 14.5 Å². The van der Waals surface area contributed by atoms with Gasteiger partial charge in [0.2, 0.25) is 10.0 Å². The van der Waals surface area contributed by atoms with Gasteiger partial charge in [0.1, 0.15) is 4.90 Å². The molecule has 6 heteroatoms. The Morgan fingerprint density at radius 2 is 2.06 bits per heavy atom. The third kappa shape index (κ3) is 2.92. The van der Waals surface area contributed by atoms with E-state index in [1.54, 1.807) is 4.68 Å². The third-order valence-electron chi connectivity index (χ3n) is 3.06. The Balaban J connectivity index is 3.05. The number of hydrogen-bond donors (Lipinski definition) is 1. The summed E-state index contributed by atoms with van der Waals surface area (Å²) in [4.78, 5) is 0.144. The molecule has 1 heterocycles. The molecule has 100 valence electrons. The summed E-state index contributed by atoms with van der Waals surface area (Å²) in [6.45, 7) is 6.24.